The van der Waals surface area contributed by atoms with E-state index < -0.39 is 6.36 Å². The van der Waals surface area contributed by atoms with Gasteiger partial charge in [-0.3, -0.25) is 10.0 Å². The molecule has 2 fully saturated rings. The lowest BCUT2D eigenvalue weighted by Crippen LogP contribution is -2.40. The largest absolute Gasteiger partial charge is 0.573 e. The quantitative estimate of drug-likeness (QED) is 0.191. The van der Waals surface area contributed by atoms with E-state index in [1.807, 2.05) is 12.1 Å². The number of ether oxygens (including phenoxy) is 3. The van der Waals surface area contributed by atoms with Crippen LogP contribution in [0.1, 0.15) is 26.2 Å². The van der Waals surface area contributed by atoms with Gasteiger partial charge in [-0.1, -0.05) is 0 Å². The van der Waals surface area contributed by atoms with Crippen molar-refractivity contribution in [3.05, 3.63) is 48.5 Å². The van der Waals surface area contributed by atoms with Gasteiger partial charge in [0.1, 0.15) is 17.2 Å². The van der Waals surface area contributed by atoms with Crippen LogP contribution in [0.2, 0.25) is 0 Å². The second-order valence-electron chi connectivity index (χ2n) is 8.82. The Morgan fingerprint density at radius 1 is 1.15 bits per heavy atom. The third kappa shape index (κ3) is 6.37. The molecule has 2 aliphatic rings. The molecule has 10 heteroatoms. The van der Waals surface area contributed by atoms with Crippen LogP contribution in [0.15, 0.2) is 53.4 Å². The first kappa shape index (κ1) is 24.7. The van der Waals surface area contributed by atoms with E-state index in [1.54, 1.807) is 12.1 Å². The van der Waals surface area contributed by atoms with Gasteiger partial charge >= 0.3 is 6.36 Å². The lowest BCUT2D eigenvalue weighted by Gasteiger charge is -2.28. The molecule has 4 rings (SSSR count). The molecule has 0 spiro atoms. The zero-order valence-electron chi connectivity index (χ0n) is 18.5. The van der Waals surface area contributed by atoms with Crippen molar-refractivity contribution in [3.8, 4) is 17.2 Å². The molecule has 1 saturated heterocycles. The van der Waals surface area contributed by atoms with Gasteiger partial charge in [0.25, 0.3) is 0 Å². The van der Waals surface area contributed by atoms with Crippen molar-refractivity contribution < 1.29 is 37.4 Å². The van der Waals surface area contributed by atoms with Crippen LogP contribution in [0.5, 0.6) is 17.2 Å². The SMILES string of the molecule is CC1(C2CC2)C[C@@H]([C@@H](CSc2ccc(Oc3ccc(OC(F)(F)F)cc3)cc2)N(O)C=O)CO1. The van der Waals surface area contributed by atoms with Gasteiger partial charge in [-0.25, -0.2) is 5.06 Å². The first-order chi connectivity index (χ1) is 16.1. The zero-order valence-corrected chi connectivity index (χ0v) is 19.3. The number of carbonyl (C=O) groups excluding carboxylic acids is 1. The average molecular weight is 498 g/mol. The third-order valence-electron chi connectivity index (χ3n) is 6.27. The summed E-state index contributed by atoms with van der Waals surface area (Å²) in [5.41, 5.74) is -0.173. The molecule has 6 nitrogen and oxygen atoms in total. The number of halogens is 3. The first-order valence-electron chi connectivity index (χ1n) is 11.0. The van der Waals surface area contributed by atoms with Gasteiger partial charge in [-0.2, -0.15) is 0 Å². The number of thioether (sulfide) groups is 1. The number of hydrogen-bond acceptors (Lipinski definition) is 6. The average Bonchev–Trinajstić information content (AvgIpc) is 3.59. The van der Waals surface area contributed by atoms with Crippen LogP contribution in [-0.4, -0.2) is 47.0 Å². The molecule has 2 aromatic rings. The Balaban J connectivity index is 1.32. The van der Waals surface area contributed by atoms with E-state index in [0.717, 1.165) is 16.4 Å². The van der Waals surface area contributed by atoms with Gasteiger partial charge in [0, 0.05) is 16.6 Å². The highest BCUT2D eigenvalue weighted by Gasteiger charge is 2.49. The van der Waals surface area contributed by atoms with Crippen LogP contribution < -0.4 is 9.47 Å². The number of nitrogens with zero attached hydrogens (tertiary/aromatic N) is 1. The van der Waals surface area contributed by atoms with Crippen molar-refractivity contribution in [2.24, 2.45) is 11.8 Å². The van der Waals surface area contributed by atoms with Gasteiger partial charge in [0.2, 0.25) is 6.41 Å². The molecule has 0 aromatic heterocycles. The van der Waals surface area contributed by atoms with Gasteiger partial charge in [-0.05, 0) is 80.6 Å². The highest BCUT2D eigenvalue weighted by Crippen LogP contribution is 2.49. The van der Waals surface area contributed by atoms with Gasteiger partial charge < -0.3 is 14.2 Å². The fourth-order valence-electron chi connectivity index (χ4n) is 4.30. The Morgan fingerprint density at radius 3 is 2.29 bits per heavy atom. The topological polar surface area (TPSA) is 68.2 Å². The first-order valence-corrected chi connectivity index (χ1v) is 12.0. The van der Waals surface area contributed by atoms with Gasteiger partial charge in [0.15, 0.2) is 0 Å². The van der Waals surface area contributed by atoms with Crippen molar-refractivity contribution in [3.63, 3.8) is 0 Å². The van der Waals surface area contributed by atoms with Crippen LogP contribution in [0.4, 0.5) is 13.2 Å². The molecule has 3 atom stereocenters. The second kappa shape index (κ2) is 10.1. The molecule has 1 unspecified atom stereocenters. The standard InChI is InChI=1S/C24H26F3NO5S/c1-23(17-2-3-17)12-16(13-31-23)22(28(30)15-29)14-34-21-10-8-19(9-11-21)32-18-4-6-20(7-5-18)33-24(25,26)27/h4-11,15-17,22,30H,2-3,12-14H2,1H3/t16-,22-,23?/m1/s1. The van der Waals surface area contributed by atoms with Crippen molar-refractivity contribution >= 4 is 18.2 Å². The minimum Gasteiger partial charge on any atom is -0.457 e. The summed E-state index contributed by atoms with van der Waals surface area (Å²) >= 11 is 1.51. The van der Waals surface area contributed by atoms with Crippen molar-refractivity contribution in [1.29, 1.82) is 0 Å². The molecular formula is C24H26F3NO5S. The normalized spacial score (nSPS) is 23.4. The summed E-state index contributed by atoms with van der Waals surface area (Å²) in [6.07, 6.45) is -1.15. The Hall–Kier alpha value is -2.43. The molecule has 1 heterocycles. The summed E-state index contributed by atoms with van der Waals surface area (Å²) in [6, 6.07) is 12.0. The minimum absolute atomic E-state index is 0.0557. The second-order valence-corrected chi connectivity index (χ2v) is 9.91. The van der Waals surface area contributed by atoms with E-state index in [4.69, 9.17) is 9.47 Å². The summed E-state index contributed by atoms with van der Waals surface area (Å²) in [4.78, 5) is 12.2. The molecule has 2 aromatic carbocycles. The van der Waals surface area contributed by atoms with Crippen LogP contribution in [0, 0.1) is 11.8 Å². The molecule has 1 N–H and O–H groups in total. The fourth-order valence-corrected chi connectivity index (χ4v) is 5.42. The molecule has 1 saturated carbocycles. The maximum Gasteiger partial charge on any atom is 0.573 e. The lowest BCUT2D eigenvalue weighted by molar-refractivity contribution is -0.274. The molecule has 184 valence electrons. The van der Waals surface area contributed by atoms with E-state index in [-0.39, 0.29) is 23.3 Å². The summed E-state index contributed by atoms with van der Waals surface area (Å²) in [6.45, 7) is 2.63. The maximum absolute atomic E-state index is 12.3. The summed E-state index contributed by atoms with van der Waals surface area (Å²) in [5, 5.41) is 10.9. The smallest absolute Gasteiger partial charge is 0.457 e. The molecule has 1 aliphatic heterocycles. The summed E-state index contributed by atoms with van der Waals surface area (Å²) < 4.78 is 52.4. The number of hydroxylamine groups is 2. The lowest BCUT2D eigenvalue weighted by atomic mass is 9.88. The van der Waals surface area contributed by atoms with Crippen LogP contribution in [0.25, 0.3) is 0 Å². The van der Waals surface area contributed by atoms with E-state index in [2.05, 4.69) is 11.7 Å². The van der Waals surface area contributed by atoms with Crippen molar-refractivity contribution in [2.75, 3.05) is 12.4 Å². The van der Waals surface area contributed by atoms with Gasteiger partial charge in [0.05, 0.1) is 18.2 Å². The minimum atomic E-state index is -4.74. The Kier molecular flexibility index (Phi) is 7.30. The molecule has 34 heavy (non-hydrogen) atoms. The van der Waals surface area contributed by atoms with E-state index in [9.17, 15) is 23.2 Å². The number of hydrogen-bond donors (Lipinski definition) is 1. The monoisotopic (exact) mass is 497 g/mol. The Morgan fingerprint density at radius 2 is 1.74 bits per heavy atom. The predicted octanol–water partition coefficient (Wildman–Crippen LogP) is 5.89. The molecular weight excluding hydrogens is 471 g/mol. The molecule has 1 aliphatic carbocycles. The predicted molar refractivity (Wildman–Crippen MR) is 119 cm³/mol. The Labute approximate surface area is 199 Å². The van der Waals surface area contributed by atoms with Crippen LogP contribution in [0.3, 0.4) is 0 Å². The fraction of sp³-hybridized carbons (Fsp3) is 0.458. The summed E-state index contributed by atoms with van der Waals surface area (Å²) in [5.74, 6) is 1.70. The van der Waals surface area contributed by atoms with E-state index in [1.165, 1.54) is 48.9 Å². The van der Waals surface area contributed by atoms with E-state index >= 15 is 0 Å². The number of rotatable bonds is 10. The molecule has 0 bridgehead atoms. The number of amides is 1. The summed E-state index contributed by atoms with van der Waals surface area (Å²) in [7, 11) is 0. The number of carbonyl (C=O) groups is 1. The number of benzene rings is 2. The van der Waals surface area contributed by atoms with Gasteiger partial charge in [-0.15, -0.1) is 24.9 Å². The van der Waals surface area contributed by atoms with Crippen LogP contribution in [-0.2, 0) is 9.53 Å². The van der Waals surface area contributed by atoms with Crippen molar-refractivity contribution in [2.45, 2.75) is 49.1 Å². The molecule has 1 amide bonds. The van der Waals surface area contributed by atoms with Crippen LogP contribution >= 0.6 is 11.8 Å². The number of alkyl halides is 3. The third-order valence-corrected chi connectivity index (χ3v) is 7.38. The molecule has 0 radical (unpaired) electrons. The highest BCUT2D eigenvalue weighted by atomic mass is 32.2. The zero-order chi connectivity index (χ0) is 24.3. The van der Waals surface area contributed by atoms with Crippen molar-refractivity contribution in [1.82, 2.24) is 5.06 Å². The Bertz CT molecular complexity index is 968. The maximum atomic E-state index is 12.3. The highest BCUT2D eigenvalue weighted by molar-refractivity contribution is 7.99. The van der Waals surface area contributed by atoms with E-state index in [0.29, 0.717) is 36.2 Å².